The van der Waals surface area contributed by atoms with Crippen LogP contribution in [0.3, 0.4) is 0 Å². The van der Waals surface area contributed by atoms with Gasteiger partial charge in [-0.05, 0) is 38.3 Å². The molecule has 1 saturated heterocycles. The van der Waals surface area contributed by atoms with Gasteiger partial charge in [0.15, 0.2) is 0 Å². The van der Waals surface area contributed by atoms with Gasteiger partial charge in [-0.1, -0.05) is 25.5 Å². The summed E-state index contributed by atoms with van der Waals surface area (Å²) in [6.45, 7) is 4.72. The smallest absolute Gasteiger partial charge is 0.256 e. The molecule has 0 spiro atoms. The van der Waals surface area contributed by atoms with Gasteiger partial charge >= 0.3 is 0 Å². The number of nitrogens with one attached hydrogen (secondary N) is 1. The van der Waals surface area contributed by atoms with Crippen LogP contribution in [-0.2, 0) is 4.79 Å². The number of amides is 2. The number of rotatable bonds is 5. The highest BCUT2D eigenvalue weighted by molar-refractivity contribution is 5.94. The fraction of sp³-hybridized carbons (Fsp3) is 0.556. The molecule has 25 heavy (non-hydrogen) atoms. The monoisotopic (exact) mass is 371 g/mol. The number of carbonyl (C=O) groups excluding carboxylic acids is 2. The molecule has 2 amide bonds. The minimum absolute atomic E-state index is 0. The van der Waals surface area contributed by atoms with E-state index < -0.39 is 11.4 Å². The summed E-state index contributed by atoms with van der Waals surface area (Å²) in [5.41, 5.74) is 5.27. The number of nitrogens with zero attached hydrogens (tertiary/aromatic N) is 1. The van der Waals surface area contributed by atoms with Crippen molar-refractivity contribution in [3.63, 3.8) is 0 Å². The highest BCUT2D eigenvalue weighted by Crippen LogP contribution is 2.17. The van der Waals surface area contributed by atoms with Crippen LogP contribution in [0, 0.1) is 5.82 Å². The minimum Gasteiger partial charge on any atom is -0.352 e. The van der Waals surface area contributed by atoms with Crippen molar-refractivity contribution in [1.29, 1.82) is 0 Å². The van der Waals surface area contributed by atoms with E-state index >= 15 is 0 Å². The Labute approximate surface area is 154 Å². The average molecular weight is 372 g/mol. The van der Waals surface area contributed by atoms with Gasteiger partial charge in [-0.2, -0.15) is 0 Å². The second kappa shape index (κ2) is 9.15. The molecule has 1 aliphatic rings. The molecule has 5 nitrogen and oxygen atoms in total. The second-order valence-electron chi connectivity index (χ2n) is 6.69. The molecule has 1 atom stereocenters. The summed E-state index contributed by atoms with van der Waals surface area (Å²) in [7, 11) is 0. The molecule has 0 aromatic heterocycles. The van der Waals surface area contributed by atoms with E-state index in [-0.39, 0.29) is 35.8 Å². The lowest BCUT2D eigenvalue weighted by atomic mass is 9.95. The number of halogens is 2. The third-order valence-electron chi connectivity index (χ3n) is 4.51. The summed E-state index contributed by atoms with van der Waals surface area (Å²) in [5, 5.41) is 2.98. The zero-order valence-electron chi connectivity index (χ0n) is 14.8. The number of benzene rings is 1. The van der Waals surface area contributed by atoms with Crippen molar-refractivity contribution in [3.05, 3.63) is 35.6 Å². The molecule has 2 rings (SSSR count). The van der Waals surface area contributed by atoms with Crippen molar-refractivity contribution in [2.75, 3.05) is 13.1 Å². The summed E-state index contributed by atoms with van der Waals surface area (Å²) >= 11 is 0. The van der Waals surface area contributed by atoms with Crippen LogP contribution in [0.1, 0.15) is 49.9 Å². The van der Waals surface area contributed by atoms with E-state index in [9.17, 15) is 14.0 Å². The summed E-state index contributed by atoms with van der Waals surface area (Å²) < 4.78 is 13.7. The molecule has 140 valence electrons. The van der Waals surface area contributed by atoms with Gasteiger partial charge in [0.1, 0.15) is 5.82 Å². The molecule has 1 fully saturated rings. The summed E-state index contributed by atoms with van der Waals surface area (Å²) in [5.74, 6) is -0.952. The first-order chi connectivity index (χ1) is 11.3. The van der Waals surface area contributed by atoms with Gasteiger partial charge in [0.25, 0.3) is 5.91 Å². The molecule has 7 heteroatoms. The van der Waals surface area contributed by atoms with Crippen molar-refractivity contribution >= 4 is 24.2 Å². The average Bonchev–Trinajstić information content (AvgIpc) is 2.55. The molecule has 1 heterocycles. The standard InChI is InChI=1S/C18H26FN3O2.ClH/c1-3-10-18(2,20)17(24)21-13-8-11-22(12-9-13)16(23)14-6-4-5-7-15(14)19;/h4-7,13H,3,8-12,20H2,1-2H3,(H,21,24);1H. The van der Waals surface area contributed by atoms with Gasteiger partial charge < -0.3 is 16.0 Å². The molecule has 1 aromatic rings. The Morgan fingerprint density at radius 3 is 2.48 bits per heavy atom. The van der Waals surface area contributed by atoms with Crippen molar-refractivity contribution < 1.29 is 14.0 Å². The number of piperidine rings is 1. The summed E-state index contributed by atoms with van der Waals surface area (Å²) in [6.07, 6.45) is 2.77. The van der Waals surface area contributed by atoms with Gasteiger partial charge in [-0.3, -0.25) is 9.59 Å². The topological polar surface area (TPSA) is 75.4 Å². The van der Waals surface area contributed by atoms with Crippen LogP contribution in [0.25, 0.3) is 0 Å². The number of nitrogens with two attached hydrogens (primary N) is 1. The van der Waals surface area contributed by atoms with Crippen LogP contribution in [0.5, 0.6) is 0 Å². The van der Waals surface area contributed by atoms with Gasteiger partial charge in [-0.15, -0.1) is 12.4 Å². The van der Waals surface area contributed by atoms with Crippen LogP contribution in [0.2, 0.25) is 0 Å². The molecular weight excluding hydrogens is 345 g/mol. The SMILES string of the molecule is CCCC(C)(N)C(=O)NC1CCN(C(=O)c2ccccc2F)CC1.Cl. The minimum atomic E-state index is -0.866. The second-order valence-corrected chi connectivity index (χ2v) is 6.69. The Morgan fingerprint density at radius 1 is 1.32 bits per heavy atom. The molecule has 1 unspecified atom stereocenters. The number of hydrogen-bond donors (Lipinski definition) is 2. The highest BCUT2D eigenvalue weighted by Gasteiger charge is 2.31. The van der Waals surface area contributed by atoms with Crippen LogP contribution >= 0.6 is 12.4 Å². The van der Waals surface area contributed by atoms with E-state index in [1.54, 1.807) is 24.0 Å². The lowest BCUT2D eigenvalue weighted by Gasteiger charge is -2.34. The predicted octanol–water partition coefficient (Wildman–Crippen LogP) is 2.49. The maximum Gasteiger partial charge on any atom is 0.256 e. The fourth-order valence-electron chi connectivity index (χ4n) is 3.02. The van der Waals surface area contributed by atoms with Crippen molar-refractivity contribution in [2.24, 2.45) is 5.73 Å². The third-order valence-corrected chi connectivity index (χ3v) is 4.51. The zero-order chi connectivity index (χ0) is 17.7. The molecule has 0 saturated carbocycles. The predicted molar refractivity (Wildman–Crippen MR) is 98.2 cm³/mol. The van der Waals surface area contributed by atoms with E-state index in [1.807, 2.05) is 6.92 Å². The Hall–Kier alpha value is -1.66. The quantitative estimate of drug-likeness (QED) is 0.834. The summed E-state index contributed by atoms with van der Waals surface area (Å²) in [6, 6.07) is 6.00. The normalized spacial score (nSPS) is 17.4. The maximum atomic E-state index is 13.7. The lowest BCUT2D eigenvalue weighted by Crippen LogP contribution is -2.56. The molecule has 3 N–H and O–H groups in total. The zero-order valence-corrected chi connectivity index (χ0v) is 15.6. The van der Waals surface area contributed by atoms with E-state index in [1.165, 1.54) is 12.1 Å². The fourth-order valence-corrected chi connectivity index (χ4v) is 3.02. The van der Waals surface area contributed by atoms with E-state index in [4.69, 9.17) is 5.73 Å². The molecule has 1 aliphatic heterocycles. The molecular formula is C18H27ClFN3O2. The van der Waals surface area contributed by atoms with E-state index in [0.717, 1.165) is 6.42 Å². The largest absolute Gasteiger partial charge is 0.352 e. The van der Waals surface area contributed by atoms with Gasteiger partial charge in [0.05, 0.1) is 11.1 Å². The molecule has 1 aromatic carbocycles. The Kier molecular flexibility index (Phi) is 7.83. The molecule has 0 radical (unpaired) electrons. The van der Waals surface area contributed by atoms with E-state index in [0.29, 0.717) is 32.4 Å². The lowest BCUT2D eigenvalue weighted by molar-refractivity contribution is -0.127. The van der Waals surface area contributed by atoms with Gasteiger partial charge in [-0.25, -0.2) is 4.39 Å². The van der Waals surface area contributed by atoms with Crippen molar-refractivity contribution in [2.45, 2.75) is 51.1 Å². The van der Waals surface area contributed by atoms with Crippen LogP contribution in [-0.4, -0.2) is 41.4 Å². The number of likely N-dealkylation sites (tertiary alicyclic amines) is 1. The van der Waals surface area contributed by atoms with Gasteiger partial charge in [0.2, 0.25) is 5.91 Å². The first kappa shape index (κ1) is 21.4. The molecule has 0 aliphatic carbocycles. The Morgan fingerprint density at radius 2 is 1.92 bits per heavy atom. The Bertz CT molecular complexity index is 602. The first-order valence-electron chi connectivity index (χ1n) is 8.49. The van der Waals surface area contributed by atoms with Crippen molar-refractivity contribution in [3.8, 4) is 0 Å². The number of hydrogen-bond acceptors (Lipinski definition) is 3. The highest BCUT2D eigenvalue weighted by atomic mass is 35.5. The van der Waals surface area contributed by atoms with Crippen LogP contribution < -0.4 is 11.1 Å². The summed E-state index contributed by atoms with van der Waals surface area (Å²) in [4.78, 5) is 26.2. The Balaban J connectivity index is 0.00000312. The van der Waals surface area contributed by atoms with Crippen LogP contribution in [0.15, 0.2) is 24.3 Å². The number of carbonyl (C=O) groups is 2. The van der Waals surface area contributed by atoms with Gasteiger partial charge in [0, 0.05) is 19.1 Å². The molecule has 0 bridgehead atoms. The third kappa shape index (κ3) is 5.41. The first-order valence-corrected chi connectivity index (χ1v) is 8.49. The van der Waals surface area contributed by atoms with Crippen LogP contribution in [0.4, 0.5) is 4.39 Å². The van der Waals surface area contributed by atoms with E-state index in [2.05, 4.69) is 5.32 Å². The van der Waals surface area contributed by atoms with Crippen molar-refractivity contribution in [1.82, 2.24) is 10.2 Å². The maximum absolute atomic E-state index is 13.7.